The minimum Gasteiger partial charge on any atom is -0.355 e. The second-order valence-corrected chi connectivity index (χ2v) is 12.6. The molecule has 0 fully saturated rings. The van der Waals surface area contributed by atoms with E-state index in [0.717, 1.165) is 21.0 Å². The zero-order valence-electron chi connectivity index (χ0n) is 24.5. The lowest BCUT2D eigenvalue weighted by atomic mass is 10.0. The molecule has 4 rings (SSSR count). The van der Waals surface area contributed by atoms with Gasteiger partial charge < -0.3 is 10.2 Å². The van der Waals surface area contributed by atoms with Crippen LogP contribution in [0.4, 0.5) is 5.69 Å². The third kappa shape index (κ3) is 7.83. The molecule has 4 aromatic rings. The summed E-state index contributed by atoms with van der Waals surface area (Å²) in [6.45, 7) is 5.50. The van der Waals surface area contributed by atoms with Crippen LogP contribution < -0.4 is 9.62 Å². The molecule has 0 heterocycles. The summed E-state index contributed by atoms with van der Waals surface area (Å²) in [5, 5.41) is 3.21. The standard InChI is InChI=1S/C34H36ClN3O4S/c1-4-36-34(40)32(21-27-14-7-5-8-15-27)37(23-28-16-12-11-13-25(28)2)33(39)24-38(31-22-29(35)20-19-26(31)3)43(41,42)30-17-9-6-10-18-30/h5-20,22,32H,4,21,23-24H2,1-3H3,(H,36,40). The molecule has 0 saturated heterocycles. The Labute approximate surface area is 259 Å². The van der Waals surface area contributed by atoms with E-state index in [-0.39, 0.29) is 29.5 Å². The van der Waals surface area contributed by atoms with Gasteiger partial charge in [0.15, 0.2) is 0 Å². The van der Waals surface area contributed by atoms with Crippen LogP contribution >= 0.6 is 11.6 Å². The van der Waals surface area contributed by atoms with E-state index < -0.39 is 28.5 Å². The van der Waals surface area contributed by atoms with Crippen LogP contribution in [-0.2, 0) is 32.6 Å². The fourth-order valence-electron chi connectivity index (χ4n) is 4.90. The highest BCUT2D eigenvalue weighted by Crippen LogP contribution is 2.30. The normalized spacial score (nSPS) is 11.9. The van der Waals surface area contributed by atoms with E-state index in [1.165, 1.54) is 17.0 Å². The van der Waals surface area contributed by atoms with Crippen molar-refractivity contribution in [3.8, 4) is 0 Å². The molecular weight excluding hydrogens is 582 g/mol. The number of benzene rings is 4. The molecule has 0 aliphatic rings. The Bertz CT molecular complexity index is 1660. The van der Waals surface area contributed by atoms with Crippen molar-refractivity contribution in [2.75, 3.05) is 17.4 Å². The number of nitrogens with zero attached hydrogens (tertiary/aromatic N) is 2. The number of carbonyl (C=O) groups is 2. The number of amides is 2. The zero-order chi connectivity index (χ0) is 31.0. The molecule has 1 unspecified atom stereocenters. The molecule has 1 N–H and O–H groups in total. The average molecular weight is 618 g/mol. The highest BCUT2D eigenvalue weighted by atomic mass is 35.5. The van der Waals surface area contributed by atoms with Crippen LogP contribution in [0.1, 0.15) is 29.2 Å². The van der Waals surface area contributed by atoms with Crippen molar-refractivity contribution >= 4 is 39.1 Å². The summed E-state index contributed by atoms with van der Waals surface area (Å²) in [7, 11) is -4.19. The molecule has 0 aromatic heterocycles. The number of rotatable bonds is 12. The first kappa shape index (κ1) is 31.8. The van der Waals surface area contributed by atoms with Crippen molar-refractivity contribution in [2.24, 2.45) is 0 Å². The number of nitrogens with one attached hydrogen (secondary N) is 1. The van der Waals surface area contributed by atoms with Crippen LogP contribution in [0.25, 0.3) is 0 Å². The summed E-state index contributed by atoms with van der Waals surface area (Å²) >= 11 is 6.33. The molecule has 0 saturated carbocycles. The van der Waals surface area contributed by atoms with Gasteiger partial charge in [-0.05, 0) is 67.3 Å². The van der Waals surface area contributed by atoms with Gasteiger partial charge in [-0.3, -0.25) is 13.9 Å². The Morgan fingerprint density at radius 1 is 0.837 bits per heavy atom. The number of hydrogen-bond donors (Lipinski definition) is 1. The lowest BCUT2D eigenvalue weighted by Gasteiger charge is -2.34. The quantitative estimate of drug-likeness (QED) is 0.214. The van der Waals surface area contributed by atoms with E-state index in [4.69, 9.17) is 11.6 Å². The van der Waals surface area contributed by atoms with Gasteiger partial charge in [-0.25, -0.2) is 8.42 Å². The maximum Gasteiger partial charge on any atom is 0.264 e. The summed E-state index contributed by atoms with van der Waals surface area (Å²) in [4.78, 5) is 29.6. The van der Waals surface area contributed by atoms with Crippen LogP contribution in [0.15, 0.2) is 108 Å². The lowest BCUT2D eigenvalue weighted by molar-refractivity contribution is -0.140. The minimum atomic E-state index is -4.19. The molecular formula is C34H36ClN3O4S. The fourth-order valence-corrected chi connectivity index (χ4v) is 6.56. The number of likely N-dealkylation sites (N-methyl/N-ethyl adjacent to an activating group) is 1. The van der Waals surface area contributed by atoms with Crippen molar-refractivity contribution in [3.05, 3.63) is 130 Å². The van der Waals surface area contributed by atoms with E-state index in [1.807, 2.05) is 68.4 Å². The molecule has 0 spiro atoms. The van der Waals surface area contributed by atoms with Gasteiger partial charge in [-0.2, -0.15) is 0 Å². The maximum atomic E-state index is 14.5. The van der Waals surface area contributed by atoms with E-state index in [2.05, 4.69) is 5.32 Å². The predicted octanol–water partition coefficient (Wildman–Crippen LogP) is 5.93. The SMILES string of the molecule is CCNC(=O)C(Cc1ccccc1)N(Cc1ccccc1C)C(=O)CN(c1cc(Cl)ccc1C)S(=O)(=O)c1ccccc1. The molecule has 0 bridgehead atoms. The zero-order valence-corrected chi connectivity index (χ0v) is 26.1. The molecule has 0 aliphatic heterocycles. The first-order chi connectivity index (χ1) is 20.6. The van der Waals surface area contributed by atoms with Gasteiger partial charge in [0.1, 0.15) is 12.6 Å². The Hall–Kier alpha value is -4.14. The molecule has 4 aromatic carbocycles. The van der Waals surface area contributed by atoms with Crippen molar-refractivity contribution < 1.29 is 18.0 Å². The third-order valence-corrected chi connectivity index (χ3v) is 9.28. The molecule has 0 radical (unpaired) electrons. The van der Waals surface area contributed by atoms with Crippen LogP contribution in [0, 0.1) is 13.8 Å². The Morgan fingerprint density at radius 2 is 1.47 bits per heavy atom. The summed E-state index contributed by atoms with van der Waals surface area (Å²) in [5.74, 6) is -0.834. The van der Waals surface area contributed by atoms with E-state index in [1.54, 1.807) is 43.3 Å². The first-order valence-electron chi connectivity index (χ1n) is 14.1. The van der Waals surface area contributed by atoms with Crippen LogP contribution in [0.5, 0.6) is 0 Å². The number of hydrogen-bond acceptors (Lipinski definition) is 4. The molecule has 0 aliphatic carbocycles. The van der Waals surface area contributed by atoms with Gasteiger partial charge in [0.05, 0.1) is 10.6 Å². The van der Waals surface area contributed by atoms with Crippen LogP contribution in [0.2, 0.25) is 5.02 Å². The number of halogens is 1. The molecule has 43 heavy (non-hydrogen) atoms. The Kier molecular flexibility index (Phi) is 10.6. The highest BCUT2D eigenvalue weighted by Gasteiger charge is 2.35. The second kappa shape index (κ2) is 14.4. The van der Waals surface area contributed by atoms with Gasteiger partial charge in [0, 0.05) is 24.5 Å². The van der Waals surface area contributed by atoms with Crippen molar-refractivity contribution in [1.82, 2.24) is 10.2 Å². The number of carbonyl (C=O) groups excluding carboxylic acids is 2. The van der Waals surface area contributed by atoms with E-state index in [9.17, 15) is 18.0 Å². The molecule has 224 valence electrons. The maximum absolute atomic E-state index is 14.5. The first-order valence-corrected chi connectivity index (χ1v) is 15.9. The largest absolute Gasteiger partial charge is 0.355 e. The number of sulfonamides is 1. The van der Waals surface area contributed by atoms with E-state index in [0.29, 0.717) is 17.1 Å². The summed E-state index contributed by atoms with van der Waals surface area (Å²) in [6.07, 6.45) is 0.256. The van der Waals surface area contributed by atoms with Gasteiger partial charge >= 0.3 is 0 Å². The van der Waals surface area contributed by atoms with Crippen molar-refractivity contribution in [2.45, 2.75) is 44.7 Å². The number of anilines is 1. The Morgan fingerprint density at radius 3 is 2.12 bits per heavy atom. The Balaban J connectivity index is 1.83. The summed E-state index contributed by atoms with van der Waals surface area (Å²) < 4.78 is 29.3. The van der Waals surface area contributed by atoms with Gasteiger partial charge in [-0.1, -0.05) is 90.5 Å². The number of aryl methyl sites for hydroxylation is 2. The molecule has 9 heteroatoms. The van der Waals surface area contributed by atoms with Gasteiger partial charge in [0.2, 0.25) is 11.8 Å². The van der Waals surface area contributed by atoms with Crippen LogP contribution in [-0.4, -0.2) is 44.3 Å². The van der Waals surface area contributed by atoms with Gasteiger partial charge in [-0.15, -0.1) is 0 Å². The topological polar surface area (TPSA) is 86.8 Å². The van der Waals surface area contributed by atoms with Gasteiger partial charge in [0.25, 0.3) is 10.0 Å². The molecule has 2 amide bonds. The predicted molar refractivity (Wildman–Crippen MR) is 172 cm³/mol. The third-order valence-electron chi connectivity index (χ3n) is 7.27. The smallest absolute Gasteiger partial charge is 0.264 e. The van der Waals surface area contributed by atoms with Crippen LogP contribution in [0.3, 0.4) is 0 Å². The van der Waals surface area contributed by atoms with Crippen molar-refractivity contribution in [3.63, 3.8) is 0 Å². The monoisotopic (exact) mass is 617 g/mol. The highest BCUT2D eigenvalue weighted by molar-refractivity contribution is 7.92. The molecule has 1 atom stereocenters. The second-order valence-electron chi connectivity index (χ2n) is 10.3. The fraction of sp³-hybridized carbons (Fsp3) is 0.235. The summed E-state index contributed by atoms with van der Waals surface area (Å²) in [6, 6.07) is 29.1. The van der Waals surface area contributed by atoms with E-state index >= 15 is 0 Å². The molecule has 7 nitrogen and oxygen atoms in total. The summed E-state index contributed by atoms with van der Waals surface area (Å²) in [5.41, 5.74) is 3.61. The van der Waals surface area contributed by atoms with Crippen molar-refractivity contribution in [1.29, 1.82) is 0 Å². The average Bonchev–Trinajstić information content (AvgIpc) is 3.00. The lowest BCUT2D eigenvalue weighted by Crippen LogP contribution is -2.53. The minimum absolute atomic E-state index is 0.0391.